The zero-order chi connectivity index (χ0) is 23.6. The molecule has 0 atom stereocenters. The first-order valence-corrected chi connectivity index (χ1v) is 11.7. The predicted octanol–water partition coefficient (Wildman–Crippen LogP) is 4.52. The Morgan fingerprint density at radius 2 is 2.03 bits per heavy atom. The third-order valence-corrected chi connectivity index (χ3v) is 6.78. The first-order valence-electron chi connectivity index (χ1n) is 10.2. The number of aromatic amines is 1. The van der Waals surface area contributed by atoms with Gasteiger partial charge in [0.05, 0.1) is 22.9 Å². The molecule has 7 nitrogen and oxygen atoms in total. The van der Waals surface area contributed by atoms with Gasteiger partial charge in [0.2, 0.25) is 10.0 Å². The van der Waals surface area contributed by atoms with E-state index in [0.717, 1.165) is 20.8 Å². The summed E-state index contributed by atoms with van der Waals surface area (Å²) in [7, 11) is -2.09. The van der Waals surface area contributed by atoms with Gasteiger partial charge in [-0.05, 0) is 37.3 Å². The topological polar surface area (TPSA) is 88.2 Å². The van der Waals surface area contributed by atoms with Crippen molar-refractivity contribution in [1.82, 2.24) is 19.3 Å². The van der Waals surface area contributed by atoms with Crippen LogP contribution in [0.15, 0.2) is 67.0 Å². The number of aryl methyl sites for hydroxylation is 1. The van der Waals surface area contributed by atoms with Crippen LogP contribution < -0.4 is 4.74 Å². The number of hydrogen-bond acceptors (Lipinski definition) is 5. The summed E-state index contributed by atoms with van der Waals surface area (Å²) in [6.07, 6.45) is 4.83. The standard InChI is InChI=1S/C24H23FN4O3S/c1-4-33(30,31)29(3)12-13-32-21-15-26-11-9-17(21)23-22(18-14-16(2)7-8-19(18)25)24-20(28-23)6-5-10-27-24/h4-11,14-15,28H,1,12-13H2,2-3H3. The summed E-state index contributed by atoms with van der Waals surface area (Å²) in [5, 5.41) is 0.892. The molecule has 0 aliphatic rings. The molecule has 0 saturated heterocycles. The van der Waals surface area contributed by atoms with Gasteiger partial charge >= 0.3 is 0 Å². The van der Waals surface area contributed by atoms with Crippen molar-refractivity contribution in [3.05, 3.63) is 78.4 Å². The number of pyridine rings is 2. The summed E-state index contributed by atoms with van der Waals surface area (Å²) < 4.78 is 45.8. The third kappa shape index (κ3) is 4.50. The van der Waals surface area contributed by atoms with Gasteiger partial charge in [-0.1, -0.05) is 18.2 Å². The summed E-state index contributed by atoms with van der Waals surface area (Å²) in [5.74, 6) is 0.0731. The van der Waals surface area contributed by atoms with Gasteiger partial charge < -0.3 is 9.72 Å². The molecule has 0 unspecified atom stereocenters. The highest BCUT2D eigenvalue weighted by Crippen LogP contribution is 2.41. The van der Waals surface area contributed by atoms with Gasteiger partial charge in [0.25, 0.3) is 0 Å². The van der Waals surface area contributed by atoms with Gasteiger partial charge in [-0.15, -0.1) is 0 Å². The lowest BCUT2D eigenvalue weighted by molar-refractivity contribution is 0.288. The highest BCUT2D eigenvalue weighted by Gasteiger charge is 2.22. The number of rotatable bonds is 8. The number of likely N-dealkylation sites (N-methyl/N-ethyl adjacent to an activating group) is 1. The van der Waals surface area contributed by atoms with Crippen molar-refractivity contribution in [2.45, 2.75) is 6.92 Å². The van der Waals surface area contributed by atoms with Crippen LogP contribution in [0.25, 0.3) is 33.4 Å². The van der Waals surface area contributed by atoms with Crippen LogP contribution in [0.2, 0.25) is 0 Å². The summed E-state index contributed by atoms with van der Waals surface area (Å²) in [4.78, 5) is 12.0. The Balaban J connectivity index is 1.78. The van der Waals surface area contributed by atoms with Gasteiger partial charge in [0, 0.05) is 48.1 Å². The second-order valence-corrected chi connectivity index (χ2v) is 9.50. The number of aromatic nitrogens is 3. The highest BCUT2D eigenvalue weighted by atomic mass is 32.2. The van der Waals surface area contributed by atoms with Crippen molar-refractivity contribution in [2.75, 3.05) is 20.2 Å². The Morgan fingerprint density at radius 1 is 1.21 bits per heavy atom. The van der Waals surface area contributed by atoms with E-state index in [0.29, 0.717) is 33.7 Å². The molecule has 4 aromatic rings. The number of nitrogens with zero attached hydrogens (tertiary/aromatic N) is 3. The second-order valence-electron chi connectivity index (χ2n) is 7.51. The van der Waals surface area contributed by atoms with Crippen molar-refractivity contribution in [2.24, 2.45) is 0 Å². The molecule has 0 aliphatic heterocycles. The molecule has 1 aromatic carbocycles. The van der Waals surface area contributed by atoms with Crippen LogP contribution in [0, 0.1) is 12.7 Å². The van der Waals surface area contributed by atoms with Gasteiger partial charge in [-0.2, -0.15) is 4.31 Å². The highest BCUT2D eigenvalue weighted by molar-refractivity contribution is 7.91. The molecule has 0 bridgehead atoms. The van der Waals surface area contributed by atoms with Crippen LogP contribution in [0.3, 0.4) is 0 Å². The normalized spacial score (nSPS) is 11.8. The van der Waals surface area contributed by atoms with Crippen LogP contribution in [-0.2, 0) is 10.0 Å². The maximum absolute atomic E-state index is 14.9. The van der Waals surface area contributed by atoms with Crippen molar-refractivity contribution >= 4 is 21.1 Å². The van der Waals surface area contributed by atoms with E-state index in [2.05, 4.69) is 21.5 Å². The quantitative estimate of drug-likeness (QED) is 0.412. The second kappa shape index (κ2) is 9.13. The average Bonchev–Trinajstić information content (AvgIpc) is 3.20. The maximum atomic E-state index is 14.9. The molecule has 1 N–H and O–H groups in total. The van der Waals surface area contributed by atoms with Crippen molar-refractivity contribution in [1.29, 1.82) is 0 Å². The molecule has 9 heteroatoms. The summed E-state index contributed by atoms with van der Waals surface area (Å²) in [6, 6.07) is 10.4. The van der Waals surface area contributed by atoms with Crippen LogP contribution in [-0.4, -0.2) is 47.9 Å². The van der Waals surface area contributed by atoms with Gasteiger partial charge in [0.15, 0.2) is 0 Å². The van der Waals surface area contributed by atoms with Crippen LogP contribution in [0.1, 0.15) is 5.56 Å². The van der Waals surface area contributed by atoms with E-state index in [1.165, 1.54) is 13.1 Å². The van der Waals surface area contributed by atoms with E-state index >= 15 is 0 Å². The lowest BCUT2D eigenvalue weighted by Crippen LogP contribution is -2.29. The number of sulfonamides is 1. The molecule has 0 amide bonds. The number of fused-ring (bicyclic) bond motifs is 1. The minimum Gasteiger partial charge on any atom is -0.490 e. The molecule has 0 spiro atoms. The number of nitrogens with one attached hydrogen (secondary N) is 1. The molecule has 4 rings (SSSR count). The summed E-state index contributed by atoms with van der Waals surface area (Å²) >= 11 is 0. The number of halogens is 1. The van der Waals surface area contributed by atoms with E-state index in [4.69, 9.17) is 4.74 Å². The maximum Gasteiger partial charge on any atom is 0.235 e. The molecule has 33 heavy (non-hydrogen) atoms. The molecular formula is C24H23FN4O3S. The van der Waals surface area contributed by atoms with Gasteiger partial charge in [-0.3, -0.25) is 9.97 Å². The monoisotopic (exact) mass is 466 g/mol. The summed E-state index contributed by atoms with van der Waals surface area (Å²) in [5.41, 5.74) is 4.65. The number of ether oxygens (including phenoxy) is 1. The van der Waals surface area contributed by atoms with E-state index in [9.17, 15) is 12.8 Å². The van der Waals surface area contributed by atoms with Gasteiger partial charge in [-0.25, -0.2) is 12.8 Å². The minimum atomic E-state index is -3.54. The lowest BCUT2D eigenvalue weighted by atomic mass is 9.98. The molecular weight excluding hydrogens is 443 g/mol. The first kappa shape index (κ1) is 22.6. The number of benzene rings is 1. The smallest absolute Gasteiger partial charge is 0.235 e. The molecule has 0 aliphatic carbocycles. The molecule has 0 radical (unpaired) electrons. The minimum absolute atomic E-state index is 0.0921. The van der Waals surface area contributed by atoms with Crippen molar-refractivity contribution < 1.29 is 17.5 Å². The fourth-order valence-electron chi connectivity index (χ4n) is 3.56. The van der Waals surface area contributed by atoms with Crippen LogP contribution >= 0.6 is 0 Å². The molecule has 170 valence electrons. The number of hydrogen-bond donors (Lipinski definition) is 1. The number of H-pyrrole nitrogens is 1. The van der Waals surface area contributed by atoms with E-state index in [1.54, 1.807) is 42.9 Å². The van der Waals surface area contributed by atoms with Crippen molar-refractivity contribution in [3.63, 3.8) is 0 Å². The Hall–Kier alpha value is -3.56. The Labute approximate surface area is 191 Å². The van der Waals surface area contributed by atoms with Crippen LogP contribution in [0.5, 0.6) is 5.75 Å². The van der Waals surface area contributed by atoms with E-state index in [-0.39, 0.29) is 19.0 Å². The van der Waals surface area contributed by atoms with Crippen molar-refractivity contribution in [3.8, 4) is 28.1 Å². The predicted molar refractivity (Wildman–Crippen MR) is 127 cm³/mol. The van der Waals surface area contributed by atoms with Gasteiger partial charge in [0.1, 0.15) is 18.2 Å². The fraction of sp³-hybridized carbons (Fsp3) is 0.167. The average molecular weight is 467 g/mol. The molecule has 3 heterocycles. The third-order valence-electron chi connectivity index (χ3n) is 5.31. The van der Waals surface area contributed by atoms with Crippen LogP contribution in [0.4, 0.5) is 4.39 Å². The van der Waals surface area contributed by atoms with E-state index < -0.39 is 10.0 Å². The Kier molecular flexibility index (Phi) is 6.26. The largest absolute Gasteiger partial charge is 0.490 e. The molecule has 0 fully saturated rings. The Morgan fingerprint density at radius 3 is 2.82 bits per heavy atom. The molecule has 0 saturated carbocycles. The SMILES string of the molecule is C=CS(=O)(=O)N(C)CCOc1cnccc1-c1[nH]c2cccnc2c1-c1cc(C)ccc1F. The Bertz CT molecular complexity index is 1430. The molecule has 3 aromatic heterocycles. The van der Waals surface area contributed by atoms with E-state index in [1.807, 2.05) is 13.0 Å². The zero-order valence-electron chi connectivity index (χ0n) is 18.2. The lowest BCUT2D eigenvalue weighted by Gasteiger charge is -2.16. The fourth-order valence-corrected chi connectivity index (χ4v) is 4.14. The zero-order valence-corrected chi connectivity index (χ0v) is 19.1. The first-order chi connectivity index (χ1) is 15.8. The summed E-state index contributed by atoms with van der Waals surface area (Å²) in [6.45, 7) is 5.44.